The fourth-order valence-corrected chi connectivity index (χ4v) is 5.08. The van der Waals surface area contributed by atoms with Gasteiger partial charge < -0.3 is 14.9 Å². The van der Waals surface area contributed by atoms with Gasteiger partial charge in [0.05, 0.1) is 17.7 Å². The summed E-state index contributed by atoms with van der Waals surface area (Å²) in [5, 5.41) is 12.1. The van der Waals surface area contributed by atoms with Crippen LogP contribution in [0.2, 0.25) is 10.0 Å². The van der Waals surface area contributed by atoms with Crippen LogP contribution in [-0.2, 0) is 6.18 Å². The molecule has 190 valence electrons. The maximum atomic E-state index is 13.5. The number of alkyl halides is 3. The molecule has 2 aromatic carbocycles. The number of amides is 1. The van der Waals surface area contributed by atoms with Crippen molar-refractivity contribution >= 4 is 45.8 Å². The number of anilines is 1. The van der Waals surface area contributed by atoms with Gasteiger partial charge in [0.15, 0.2) is 0 Å². The van der Waals surface area contributed by atoms with Gasteiger partial charge in [-0.2, -0.15) is 13.2 Å². The predicted octanol–water partition coefficient (Wildman–Crippen LogP) is 3.96. The van der Waals surface area contributed by atoms with E-state index in [1.54, 1.807) is 34.1 Å². The molecule has 3 heterocycles. The lowest BCUT2D eigenvalue weighted by Gasteiger charge is -2.38. The average Bonchev–Trinajstić information content (AvgIpc) is 3.24. The maximum Gasteiger partial charge on any atom is 0.451 e. The number of hydrogen-bond donors (Lipinski definition) is 1. The molecule has 2 aliphatic heterocycles. The molecule has 3 aromatic rings. The molecular weight excluding hydrogens is 518 g/mol. The molecule has 36 heavy (non-hydrogen) atoms. The molecule has 2 aliphatic rings. The predicted molar refractivity (Wildman–Crippen MR) is 130 cm³/mol. The SMILES string of the molecule is O=C(c1ccc(Cl)cc1)N1CCN([C@H]2CN(c3nc(C(F)(F)F)nc4ccc(Cl)cc34)C[C@@H]2O)CC1. The third-order valence-corrected chi connectivity index (χ3v) is 7.10. The molecule has 0 spiro atoms. The van der Waals surface area contributed by atoms with E-state index in [9.17, 15) is 23.1 Å². The zero-order valence-electron chi connectivity index (χ0n) is 18.9. The fourth-order valence-electron chi connectivity index (χ4n) is 4.79. The van der Waals surface area contributed by atoms with Crippen molar-refractivity contribution in [1.82, 2.24) is 19.8 Å². The number of aromatic nitrogens is 2. The molecule has 0 aliphatic carbocycles. The Kier molecular flexibility index (Phi) is 6.71. The zero-order chi connectivity index (χ0) is 25.6. The summed E-state index contributed by atoms with van der Waals surface area (Å²) in [6, 6.07) is 10.8. The number of piperazine rings is 1. The summed E-state index contributed by atoms with van der Waals surface area (Å²) in [6.07, 6.45) is -5.52. The Balaban J connectivity index is 1.32. The minimum Gasteiger partial charge on any atom is -0.390 e. The van der Waals surface area contributed by atoms with E-state index in [0.29, 0.717) is 47.2 Å². The molecule has 1 amide bonds. The number of β-amino-alcohol motifs (C(OH)–C–C–N with tert-alkyl or cyclic N) is 1. The van der Waals surface area contributed by atoms with Crippen molar-refractivity contribution in [2.24, 2.45) is 0 Å². The van der Waals surface area contributed by atoms with Gasteiger partial charge in [0.1, 0.15) is 5.82 Å². The standard InChI is InChI=1S/C24H22Cl2F3N5O2/c25-15-3-1-14(2-4-15)22(36)33-9-7-32(8-10-33)19-12-34(13-20(19)35)21-17-11-16(26)5-6-18(17)30-23(31-21)24(27,28)29/h1-6,11,19-20,35H,7-10,12-13H2/t19-,20-/m0/s1. The van der Waals surface area contributed by atoms with E-state index in [0.717, 1.165) is 0 Å². The van der Waals surface area contributed by atoms with Gasteiger partial charge >= 0.3 is 6.18 Å². The Hall–Kier alpha value is -2.66. The Labute approximate surface area is 215 Å². The van der Waals surface area contributed by atoms with Crippen LogP contribution in [0, 0.1) is 0 Å². The van der Waals surface area contributed by atoms with Gasteiger partial charge in [-0.15, -0.1) is 0 Å². The van der Waals surface area contributed by atoms with Gasteiger partial charge in [-0.3, -0.25) is 9.69 Å². The average molecular weight is 540 g/mol. The number of hydrogen-bond acceptors (Lipinski definition) is 6. The summed E-state index contributed by atoms with van der Waals surface area (Å²) in [5.74, 6) is -1.24. The molecule has 2 atom stereocenters. The molecule has 2 fully saturated rings. The quantitative estimate of drug-likeness (QED) is 0.543. The van der Waals surface area contributed by atoms with E-state index in [1.807, 2.05) is 0 Å². The number of nitrogens with zero attached hydrogens (tertiary/aromatic N) is 5. The summed E-state index contributed by atoms with van der Waals surface area (Å²) in [5.41, 5.74) is 0.679. The molecule has 1 N–H and O–H groups in total. The largest absolute Gasteiger partial charge is 0.451 e. The number of fused-ring (bicyclic) bond motifs is 1. The van der Waals surface area contributed by atoms with Gasteiger partial charge in [-0.1, -0.05) is 23.2 Å². The highest BCUT2D eigenvalue weighted by atomic mass is 35.5. The molecule has 12 heteroatoms. The zero-order valence-corrected chi connectivity index (χ0v) is 20.4. The monoisotopic (exact) mass is 539 g/mol. The summed E-state index contributed by atoms with van der Waals surface area (Å²) in [6.45, 7) is 2.38. The molecule has 0 radical (unpaired) electrons. The van der Waals surface area contributed by atoms with Crippen LogP contribution < -0.4 is 4.90 Å². The lowest BCUT2D eigenvalue weighted by atomic mass is 10.1. The van der Waals surface area contributed by atoms with Crippen LogP contribution >= 0.6 is 23.2 Å². The summed E-state index contributed by atoms with van der Waals surface area (Å²) in [4.78, 5) is 25.7. The first kappa shape index (κ1) is 25.0. The van der Waals surface area contributed by atoms with Gasteiger partial charge in [0, 0.05) is 60.3 Å². The molecule has 5 rings (SSSR count). The van der Waals surface area contributed by atoms with Crippen LogP contribution in [-0.4, -0.2) is 82.2 Å². The highest BCUT2D eigenvalue weighted by molar-refractivity contribution is 6.31. The van der Waals surface area contributed by atoms with E-state index >= 15 is 0 Å². The molecule has 7 nitrogen and oxygen atoms in total. The van der Waals surface area contributed by atoms with Crippen molar-refractivity contribution in [3.8, 4) is 0 Å². The van der Waals surface area contributed by atoms with E-state index < -0.39 is 18.1 Å². The van der Waals surface area contributed by atoms with Crippen molar-refractivity contribution in [3.05, 3.63) is 63.9 Å². The third kappa shape index (κ3) is 4.95. The first-order valence-corrected chi connectivity index (χ1v) is 12.1. The van der Waals surface area contributed by atoms with Crippen molar-refractivity contribution in [2.45, 2.75) is 18.3 Å². The summed E-state index contributed by atoms with van der Waals surface area (Å²) in [7, 11) is 0. The van der Waals surface area contributed by atoms with Crippen LogP contribution in [0.1, 0.15) is 16.2 Å². The van der Waals surface area contributed by atoms with E-state index in [-0.39, 0.29) is 36.4 Å². The van der Waals surface area contributed by atoms with Crippen LogP contribution in [0.15, 0.2) is 42.5 Å². The van der Waals surface area contributed by atoms with Gasteiger partial charge in [-0.05, 0) is 42.5 Å². The minimum atomic E-state index is -4.72. The van der Waals surface area contributed by atoms with E-state index in [4.69, 9.17) is 23.2 Å². The second-order valence-corrected chi connectivity index (χ2v) is 9.78. The van der Waals surface area contributed by atoms with Gasteiger partial charge in [-0.25, -0.2) is 9.97 Å². The molecule has 1 aromatic heterocycles. The number of aliphatic hydroxyl groups excluding tert-OH is 1. The van der Waals surface area contributed by atoms with Crippen molar-refractivity contribution in [1.29, 1.82) is 0 Å². The van der Waals surface area contributed by atoms with Crippen LogP contribution in [0.5, 0.6) is 0 Å². The lowest BCUT2D eigenvalue weighted by Crippen LogP contribution is -2.54. The lowest BCUT2D eigenvalue weighted by molar-refractivity contribution is -0.144. The number of carbonyl (C=O) groups excluding carboxylic acids is 1. The number of carbonyl (C=O) groups is 1. The second-order valence-electron chi connectivity index (χ2n) is 8.90. The molecule has 0 saturated carbocycles. The number of halogens is 5. The van der Waals surface area contributed by atoms with Gasteiger partial charge in [0.25, 0.3) is 5.91 Å². The number of aliphatic hydroxyl groups is 1. The Morgan fingerprint density at radius 2 is 1.61 bits per heavy atom. The summed E-state index contributed by atoms with van der Waals surface area (Å²) >= 11 is 12.0. The topological polar surface area (TPSA) is 72.8 Å². The van der Waals surface area contributed by atoms with Gasteiger partial charge in [0.2, 0.25) is 5.82 Å². The first-order valence-electron chi connectivity index (χ1n) is 11.4. The second kappa shape index (κ2) is 9.66. The van der Waals surface area contributed by atoms with Crippen molar-refractivity contribution in [2.75, 3.05) is 44.2 Å². The third-order valence-electron chi connectivity index (χ3n) is 6.61. The Bertz CT molecular complexity index is 1280. The highest BCUT2D eigenvalue weighted by Gasteiger charge is 2.40. The maximum absolute atomic E-state index is 13.5. The van der Waals surface area contributed by atoms with Crippen molar-refractivity contribution < 1.29 is 23.1 Å². The fraction of sp³-hybridized carbons (Fsp3) is 0.375. The van der Waals surface area contributed by atoms with Crippen LogP contribution in [0.3, 0.4) is 0 Å². The smallest absolute Gasteiger partial charge is 0.390 e. The van der Waals surface area contributed by atoms with Crippen LogP contribution in [0.25, 0.3) is 10.9 Å². The molecule has 0 unspecified atom stereocenters. The Morgan fingerprint density at radius 1 is 0.944 bits per heavy atom. The minimum absolute atomic E-state index is 0.0907. The molecular formula is C24H22Cl2F3N5O2. The summed E-state index contributed by atoms with van der Waals surface area (Å²) < 4.78 is 40.5. The van der Waals surface area contributed by atoms with Crippen LogP contribution in [0.4, 0.5) is 19.0 Å². The highest BCUT2D eigenvalue weighted by Crippen LogP contribution is 2.35. The number of rotatable bonds is 3. The number of benzene rings is 2. The van der Waals surface area contributed by atoms with E-state index in [1.165, 1.54) is 18.2 Å². The first-order chi connectivity index (χ1) is 17.1. The van der Waals surface area contributed by atoms with E-state index in [2.05, 4.69) is 14.9 Å². The van der Waals surface area contributed by atoms with Crippen molar-refractivity contribution in [3.63, 3.8) is 0 Å². The molecule has 2 saturated heterocycles. The molecule has 0 bridgehead atoms. The normalized spacial score (nSPS) is 21.4. The Morgan fingerprint density at radius 3 is 2.28 bits per heavy atom.